The van der Waals surface area contributed by atoms with Crippen LogP contribution in [-0.2, 0) is 9.47 Å². The Morgan fingerprint density at radius 1 is 1.26 bits per heavy atom. The molecule has 0 saturated carbocycles. The van der Waals surface area contributed by atoms with Crippen LogP contribution < -0.4 is 10.2 Å². The first-order valence-corrected chi connectivity index (χ1v) is 9.49. The SMILES string of the molecule is Cc1cc(C2CN(c3nccc(NC4CCCOC4)n3)CCO2)ccc1F. The summed E-state index contributed by atoms with van der Waals surface area (Å²) in [4.78, 5) is 11.2. The molecule has 2 unspecified atom stereocenters. The molecule has 0 bridgehead atoms. The average molecular weight is 372 g/mol. The summed E-state index contributed by atoms with van der Waals surface area (Å²) in [5, 5.41) is 3.44. The lowest BCUT2D eigenvalue weighted by molar-refractivity contribution is 0.0391. The number of morpholine rings is 1. The lowest BCUT2D eigenvalue weighted by Crippen LogP contribution is -2.39. The molecule has 1 aromatic heterocycles. The second kappa shape index (κ2) is 8.19. The van der Waals surface area contributed by atoms with Gasteiger partial charge in [-0.2, -0.15) is 4.98 Å². The fraction of sp³-hybridized carbons (Fsp3) is 0.500. The molecule has 27 heavy (non-hydrogen) atoms. The number of hydrogen-bond acceptors (Lipinski definition) is 6. The van der Waals surface area contributed by atoms with E-state index in [9.17, 15) is 4.39 Å². The van der Waals surface area contributed by atoms with Crippen LogP contribution in [0.25, 0.3) is 0 Å². The van der Waals surface area contributed by atoms with Crippen molar-refractivity contribution in [2.75, 3.05) is 43.1 Å². The third-order valence-electron chi connectivity index (χ3n) is 5.06. The first kappa shape index (κ1) is 18.1. The van der Waals surface area contributed by atoms with Crippen molar-refractivity contribution >= 4 is 11.8 Å². The number of anilines is 2. The number of benzene rings is 1. The summed E-state index contributed by atoms with van der Waals surface area (Å²) >= 11 is 0. The van der Waals surface area contributed by atoms with Gasteiger partial charge in [-0.05, 0) is 43.0 Å². The molecule has 0 amide bonds. The van der Waals surface area contributed by atoms with Crippen LogP contribution in [-0.4, -0.2) is 48.9 Å². The number of ether oxygens (including phenoxy) is 2. The minimum atomic E-state index is -0.194. The van der Waals surface area contributed by atoms with Gasteiger partial charge in [0.25, 0.3) is 0 Å². The Hall–Kier alpha value is -2.25. The number of nitrogens with one attached hydrogen (secondary N) is 1. The van der Waals surface area contributed by atoms with Crippen molar-refractivity contribution in [3.8, 4) is 0 Å². The highest BCUT2D eigenvalue weighted by Crippen LogP contribution is 2.26. The zero-order valence-corrected chi connectivity index (χ0v) is 15.5. The zero-order chi connectivity index (χ0) is 18.6. The summed E-state index contributed by atoms with van der Waals surface area (Å²) in [5.74, 6) is 1.31. The van der Waals surface area contributed by atoms with Crippen LogP contribution in [0, 0.1) is 12.7 Å². The minimum Gasteiger partial charge on any atom is -0.379 e. The average Bonchev–Trinajstić information content (AvgIpc) is 2.71. The van der Waals surface area contributed by atoms with Crippen molar-refractivity contribution in [1.29, 1.82) is 0 Å². The molecular weight excluding hydrogens is 347 g/mol. The molecule has 2 aliphatic rings. The highest BCUT2D eigenvalue weighted by molar-refractivity contribution is 5.43. The number of aryl methyl sites for hydroxylation is 1. The summed E-state index contributed by atoms with van der Waals surface area (Å²) in [6, 6.07) is 7.32. The second-order valence-corrected chi connectivity index (χ2v) is 7.11. The van der Waals surface area contributed by atoms with Crippen molar-refractivity contribution in [3.63, 3.8) is 0 Å². The van der Waals surface area contributed by atoms with Crippen LogP contribution in [0.2, 0.25) is 0 Å². The summed E-state index contributed by atoms with van der Waals surface area (Å²) < 4.78 is 25.0. The van der Waals surface area contributed by atoms with Crippen LogP contribution in [0.4, 0.5) is 16.2 Å². The molecule has 0 spiro atoms. The van der Waals surface area contributed by atoms with Crippen LogP contribution in [0.3, 0.4) is 0 Å². The van der Waals surface area contributed by atoms with Crippen LogP contribution in [0.15, 0.2) is 30.5 Å². The quantitative estimate of drug-likeness (QED) is 0.890. The Kier molecular flexibility index (Phi) is 5.50. The van der Waals surface area contributed by atoms with E-state index in [1.807, 2.05) is 12.1 Å². The Morgan fingerprint density at radius 2 is 2.19 bits per heavy atom. The normalized spacial score (nSPS) is 23.3. The Labute approximate surface area is 158 Å². The smallest absolute Gasteiger partial charge is 0.227 e. The molecule has 144 valence electrons. The number of nitrogens with zero attached hydrogens (tertiary/aromatic N) is 3. The van der Waals surface area contributed by atoms with Crippen molar-refractivity contribution in [1.82, 2.24) is 9.97 Å². The molecule has 2 fully saturated rings. The van der Waals surface area contributed by atoms with E-state index in [1.165, 1.54) is 6.07 Å². The zero-order valence-electron chi connectivity index (χ0n) is 15.5. The predicted molar refractivity (Wildman–Crippen MR) is 102 cm³/mol. The number of rotatable bonds is 4. The number of aromatic nitrogens is 2. The molecule has 2 aromatic rings. The molecule has 7 heteroatoms. The van der Waals surface area contributed by atoms with Gasteiger partial charge in [-0.1, -0.05) is 12.1 Å². The maximum absolute atomic E-state index is 13.6. The van der Waals surface area contributed by atoms with Crippen LogP contribution >= 0.6 is 0 Å². The summed E-state index contributed by atoms with van der Waals surface area (Å²) in [6.07, 6.45) is 3.81. The van der Waals surface area contributed by atoms with Crippen molar-refractivity contribution in [2.24, 2.45) is 0 Å². The molecule has 6 nitrogen and oxygen atoms in total. The minimum absolute atomic E-state index is 0.120. The van der Waals surface area contributed by atoms with E-state index in [4.69, 9.17) is 9.47 Å². The summed E-state index contributed by atoms with van der Waals surface area (Å²) in [5.41, 5.74) is 1.61. The van der Waals surface area contributed by atoms with Gasteiger partial charge < -0.3 is 19.7 Å². The van der Waals surface area contributed by atoms with E-state index >= 15 is 0 Å². The second-order valence-electron chi connectivity index (χ2n) is 7.11. The lowest BCUT2D eigenvalue weighted by atomic mass is 10.0. The van der Waals surface area contributed by atoms with Crippen molar-refractivity contribution < 1.29 is 13.9 Å². The maximum Gasteiger partial charge on any atom is 0.227 e. The molecule has 3 heterocycles. The van der Waals surface area contributed by atoms with E-state index in [0.717, 1.165) is 37.4 Å². The van der Waals surface area contributed by atoms with Gasteiger partial charge in [-0.15, -0.1) is 0 Å². The predicted octanol–water partition coefficient (Wildman–Crippen LogP) is 3.09. The first-order chi connectivity index (χ1) is 13.2. The van der Waals surface area contributed by atoms with E-state index in [-0.39, 0.29) is 11.9 Å². The fourth-order valence-electron chi connectivity index (χ4n) is 3.55. The lowest BCUT2D eigenvalue weighted by Gasteiger charge is -2.33. The van der Waals surface area contributed by atoms with Gasteiger partial charge in [0.15, 0.2) is 0 Å². The summed E-state index contributed by atoms with van der Waals surface area (Å²) in [6.45, 7) is 5.27. The van der Waals surface area contributed by atoms with Crippen molar-refractivity contribution in [3.05, 3.63) is 47.4 Å². The van der Waals surface area contributed by atoms with Gasteiger partial charge in [0.2, 0.25) is 5.95 Å². The standard InChI is InChI=1S/C20H25FN4O2/c1-14-11-15(4-5-17(14)21)18-12-25(8-10-27-18)20-22-7-6-19(24-20)23-16-3-2-9-26-13-16/h4-7,11,16,18H,2-3,8-10,12-13H2,1H3,(H,22,23,24). The van der Waals surface area contributed by atoms with Crippen LogP contribution in [0.5, 0.6) is 0 Å². The number of halogens is 1. The largest absolute Gasteiger partial charge is 0.379 e. The number of hydrogen-bond donors (Lipinski definition) is 1. The molecule has 1 aromatic carbocycles. The Balaban J connectivity index is 1.46. The van der Waals surface area contributed by atoms with Gasteiger partial charge >= 0.3 is 0 Å². The van der Waals surface area contributed by atoms with E-state index in [1.54, 1.807) is 19.2 Å². The van der Waals surface area contributed by atoms with Gasteiger partial charge in [0.05, 0.1) is 25.8 Å². The van der Waals surface area contributed by atoms with E-state index in [0.29, 0.717) is 37.3 Å². The molecule has 2 saturated heterocycles. The topological polar surface area (TPSA) is 59.5 Å². The highest BCUT2D eigenvalue weighted by atomic mass is 19.1. The Bertz CT molecular complexity index is 782. The molecule has 2 atom stereocenters. The summed E-state index contributed by atoms with van der Waals surface area (Å²) in [7, 11) is 0. The third-order valence-corrected chi connectivity index (χ3v) is 5.06. The first-order valence-electron chi connectivity index (χ1n) is 9.49. The van der Waals surface area contributed by atoms with Gasteiger partial charge in [0, 0.05) is 19.3 Å². The fourth-order valence-corrected chi connectivity index (χ4v) is 3.55. The highest BCUT2D eigenvalue weighted by Gasteiger charge is 2.24. The molecule has 0 aliphatic carbocycles. The molecular formula is C20H25FN4O2. The van der Waals surface area contributed by atoms with Gasteiger partial charge in [-0.3, -0.25) is 0 Å². The third kappa shape index (κ3) is 4.36. The van der Waals surface area contributed by atoms with Crippen LogP contribution in [0.1, 0.15) is 30.1 Å². The van der Waals surface area contributed by atoms with E-state index in [2.05, 4.69) is 20.2 Å². The molecule has 2 aliphatic heterocycles. The monoisotopic (exact) mass is 372 g/mol. The van der Waals surface area contributed by atoms with Gasteiger partial charge in [-0.25, -0.2) is 9.37 Å². The molecule has 0 radical (unpaired) electrons. The van der Waals surface area contributed by atoms with Crippen molar-refractivity contribution in [2.45, 2.75) is 31.9 Å². The Morgan fingerprint density at radius 3 is 3.00 bits per heavy atom. The molecule has 4 rings (SSSR count). The maximum atomic E-state index is 13.6. The van der Waals surface area contributed by atoms with Gasteiger partial charge in [0.1, 0.15) is 17.7 Å². The molecule has 1 N–H and O–H groups in total. The van der Waals surface area contributed by atoms with E-state index < -0.39 is 0 Å².